The molecule has 0 saturated heterocycles. The highest BCUT2D eigenvalue weighted by molar-refractivity contribution is 5.49. The number of fused-ring (bicyclic) bond motifs is 1. The minimum Gasteiger partial charge on any atom is -0.459 e. The Balaban J connectivity index is 1.54. The fourth-order valence-corrected chi connectivity index (χ4v) is 2.66. The molecule has 0 fully saturated rings. The summed E-state index contributed by atoms with van der Waals surface area (Å²) in [6.45, 7) is 7.60. The third kappa shape index (κ3) is 7.24. The molecule has 168 valence electrons. The highest BCUT2D eigenvalue weighted by Gasteiger charge is 2.17. The first-order valence-electron chi connectivity index (χ1n) is 10.0. The van der Waals surface area contributed by atoms with Gasteiger partial charge in [0.15, 0.2) is 11.5 Å². The molecule has 31 heavy (non-hydrogen) atoms. The van der Waals surface area contributed by atoms with Crippen LogP contribution in [0.4, 0.5) is 11.9 Å². The van der Waals surface area contributed by atoms with Gasteiger partial charge < -0.3 is 40.1 Å². The standard InChI is InChI=1S/C20H28N6O5/c1-2-8-29-20-25-18(22-7-10-28-12-11-27-9-6-21)24-19(26-20)23-13-15-4-3-5-16-17(15)31-14-30-16/h2-5H,1,6-14,21H2,(H2,22,23,24,25,26). The predicted octanol–water partition coefficient (Wildman–Crippen LogP) is 1.18. The molecule has 2 heterocycles. The van der Waals surface area contributed by atoms with Crippen LogP contribution in [-0.2, 0) is 16.0 Å². The van der Waals surface area contributed by atoms with Crippen LogP contribution in [0.25, 0.3) is 0 Å². The Morgan fingerprint density at radius 1 is 1.03 bits per heavy atom. The summed E-state index contributed by atoms with van der Waals surface area (Å²) in [6.07, 6.45) is 1.62. The van der Waals surface area contributed by atoms with Gasteiger partial charge in [0.05, 0.1) is 26.4 Å². The lowest BCUT2D eigenvalue weighted by Crippen LogP contribution is -2.16. The highest BCUT2D eigenvalue weighted by Crippen LogP contribution is 2.35. The Morgan fingerprint density at radius 2 is 1.84 bits per heavy atom. The fourth-order valence-electron chi connectivity index (χ4n) is 2.66. The SMILES string of the molecule is C=CCOc1nc(NCCOCCOCCN)nc(NCc2cccc3c2OCO3)n1. The van der Waals surface area contributed by atoms with Crippen molar-refractivity contribution in [2.75, 3.05) is 63.6 Å². The smallest absolute Gasteiger partial charge is 0.323 e. The molecular formula is C20H28N6O5. The summed E-state index contributed by atoms with van der Waals surface area (Å²) in [5.74, 6) is 2.18. The van der Waals surface area contributed by atoms with E-state index in [9.17, 15) is 0 Å². The van der Waals surface area contributed by atoms with Gasteiger partial charge in [-0.1, -0.05) is 24.8 Å². The Labute approximate surface area is 180 Å². The molecule has 1 aliphatic heterocycles. The summed E-state index contributed by atoms with van der Waals surface area (Å²) >= 11 is 0. The summed E-state index contributed by atoms with van der Waals surface area (Å²) in [4.78, 5) is 12.9. The number of rotatable bonds is 15. The lowest BCUT2D eigenvalue weighted by Gasteiger charge is -2.11. The molecule has 1 aromatic carbocycles. The number of anilines is 2. The molecule has 0 radical (unpaired) electrons. The number of nitrogens with zero attached hydrogens (tertiary/aromatic N) is 3. The quantitative estimate of drug-likeness (QED) is 0.276. The van der Waals surface area contributed by atoms with Gasteiger partial charge >= 0.3 is 6.01 Å². The summed E-state index contributed by atoms with van der Waals surface area (Å²) in [5, 5.41) is 6.28. The number of nitrogens with two attached hydrogens (primary N) is 1. The number of nitrogens with one attached hydrogen (secondary N) is 2. The number of hydrogen-bond acceptors (Lipinski definition) is 11. The molecule has 4 N–H and O–H groups in total. The van der Waals surface area contributed by atoms with E-state index in [4.69, 9.17) is 29.4 Å². The highest BCUT2D eigenvalue weighted by atomic mass is 16.7. The zero-order chi connectivity index (χ0) is 21.7. The molecule has 11 heteroatoms. The molecule has 0 amide bonds. The van der Waals surface area contributed by atoms with Crippen molar-refractivity contribution < 1.29 is 23.7 Å². The van der Waals surface area contributed by atoms with Crippen LogP contribution >= 0.6 is 0 Å². The second-order valence-corrected chi connectivity index (χ2v) is 6.31. The van der Waals surface area contributed by atoms with Gasteiger partial charge in [0.2, 0.25) is 18.7 Å². The fraction of sp³-hybridized carbons (Fsp3) is 0.450. The Hall–Kier alpha value is -3.15. The molecular weight excluding hydrogens is 404 g/mol. The van der Waals surface area contributed by atoms with Gasteiger partial charge in [-0.2, -0.15) is 15.0 Å². The lowest BCUT2D eigenvalue weighted by atomic mass is 10.2. The van der Waals surface area contributed by atoms with Gasteiger partial charge in [0, 0.05) is 25.2 Å². The molecule has 0 saturated carbocycles. The predicted molar refractivity (Wildman–Crippen MR) is 115 cm³/mol. The van der Waals surface area contributed by atoms with Crippen LogP contribution in [-0.4, -0.2) is 67.9 Å². The molecule has 0 atom stereocenters. The van der Waals surface area contributed by atoms with Gasteiger partial charge in [-0.15, -0.1) is 0 Å². The molecule has 0 aliphatic carbocycles. The van der Waals surface area contributed by atoms with E-state index >= 15 is 0 Å². The van der Waals surface area contributed by atoms with Gasteiger partial charge in [-0.05, 0) is 6.07 Å². The van der Waals surface area contributed by atoms with Crippen molar-refractivity contribution in [2.24, 2.45) is 5.73 Å². The van der Waals surface area contributed by atoms with E-state index in [1.54, 1.807) is 6.08 Å². The zero-order valence-electron chi connectivity index (χ0n) is 17.3. The van der Waals surface area contributed by atoms with E-state index in [0.717, 1.165) is 17.1 Å². The van der Waals surface area contributed by atoms with E-state index in [-0.39, 0.29) is 19.4 Å². The second-order valence-electron chi connectivity index (χ2n) is 6.31. The molecule has 1 aliphatic rings. The molecule has 3 rings (SSSR count). The first kappa shape index (κ1) is 22.5. The summed E-state index contributed by atoms with van der Waals surface area (Å²) < 4.78 is 27.2. The average molecular weight is 432 g/mol. The minimum atomic E-state index is 0.189. The molecule has 0 unspecified atom stereocenters. The third-order valence-electron chi connectivity index (χ3n) is 4.02. The maximum absolute atomic E-state index is 5.53. The third-order valence-corrected chi connectivity index (χ3v) is 4.02. The first-order valence-corrected chi connectivity index (χ1v) is 10.0. The van der Waals surface area contributed by atoms with Crippen LogP contribution in [0.1, 0.15) is 5.56 Å². The molecule has 0 bridgehead atoms. The van der Waals surface area contributed by atoms with Crippen LogP contribution in [0.15, 0.2) is 30.9 Å². The Bertz CT molecular complexity index is 838. The van der Waals surface area contributed by atoms with E-state index in [0.29, 0.717) is 58.0 Å². The molecule has 2 aromatic rings. The largest absolute Gasteiger partial charge is 0.459 e. The van der Waals surface area contributed by atoms with Crippen LogP contribution in [0.5, 0.6) is 17.5 Å². The van der Waals surface area contributed by atoms with Crippen LogP contribution in [0.3, 0.4) is 0 Å². The monoisotopic (exact) mass is 432 g/mol. The molecule has 1 aromatic heterocycles. The van der Waals surface area contributed by atoms with Gasteiger partial charge in [-0.25, -0.2) is 0 Å². The number of aromatic nitrogens is 3. The summed E-state index contributed by atoms with van der Waals surface area (Å²) in [7, 11) is 0. The number of benzene rings is 1. The van der Waals surface area contributed by atoms with Crippen LogP contribution in [0.2, 0.25) is 0 Å². The average Bonchev–Trinajstić information content (AvgIpc) is 3.27. The van der Waals surface area contributed by atoms with E-state index in [1.165, 1.54) is 0 Å². The van der Waals surface area contributed by atoms with Gasteiger partial charge in [-0.3, -0.25) is 0 Å². The van der Waals surface area contributed by atoms with Crippen molar-refractivity contribution in [3.05, 3.63) is 36.4 Å². The first-order chi connectivity index (χ1) is 15.3. The number of ether oxygens (including phenoxy) is 5. The van der Waals surface area contributed by atoms with Crippen molar-refractivity contribution in [1.29, 1.82) is 0 Å². The van der Waals surface area contributed by atoms with E-state index in [1.807, 2.05) is 18.2 Å². The lowest BCUT2D eigenvalue weighted by molar-refractivity contribution is 0.0547. The maximum Gasteiger partial charge on any atom is 0.323 e. The second kappa shape index (κ2) is 12.5. The molecule has 11 nitrogen and oxygen atoms in total. The Kier molecular flexibility index (Phi) is 9.10. The van der Waals surface area contributed by atoms with E-state index < -0.39 is 0 Å². The number of hydrogen-bond donors (Lipinski definition) is 3. The van der Waals surface area contributed by atoms with Gasteiger partial charge in [0.25, 0.3) is 0 Å². The van der Waals surface area contributed by atoms with Gasteiger partial charge in [0.1, 0.15) is 6.61 Å². The zero-order valence-corrected chi connectivity index (χ0v) is 17.3. The minimum absolute atomic E-state index is 0.189. The molecule has 0 spiro atoms. The van der Waals surface area contributed by atoms with Crippen LogP contribution in [0, 0.1) is 0 Å². The van der Waals surface area contributed by atoms with E-state index in [2.05, 4.69) is 32.2 Å². The maximum atomic E-state index is 5.53. The topological polar surface area (TPSA) is 135 Å². The summed E-state index contributed by atoms with van der Waals surface area (Å²) in [6, 6.07) is 5.91. The van der Waals surface area contributed by atoms with Crippen molar-refractivity contribution >= 4 is 11.9 Å². The normalized spacial score (nSPS) is 11.9. The van der Waals surface area contributed by atoms with Crippen molar-refractivity contribution in [3.8, 4) is 17.5 Å². The van der Waals surface area contributed by atoms with Crippen molar-refractivity contribution in [3.63, 3.8) is 0 Å². The van der Waals surface area contributed by atoms with Crippen molar-refractivity contribution in [1.82, 2.24) is 15.0 Å². The van der Waals surface area contributed by atoms with Crippen molar-refractivity contribution in [2.45, 2.75) is 6.54 Å². The summed E-state index contributed by atoms with van der Waals surface area (Å²) in [5.41, 5.74) is 6.30. The Morgan fingerprint density at radius 3 is 2.65 bits per heavy atom. The number of para-hydroxylation sites is 1. The van der Waals surface area contributed by atoms with Crippen LogP contribution < -0.4 is 30.6 Å².